The van der Waals surface area contributed by atoms with Gasteiger partial charge in [-0.3, -0.25) is 4.79 Å². The van der Waals surface area contributed by atoms with Gasteiger partial charge in [0.15, 0.2) is 0 Å². The number of aromatic hydroxyl groups is 1. The van der Waals surface area contributed by atoms with Crippen LogP contribution in [0.2, 0.25) is 0 Å². The number of anilines is 1. The maximum absolute atomic E-state index is 13.0. The van der Waals surface area contributed by atoms with E-state index in [-0.39, 0.29) is 17.6 Å². The zero-order valence-electron chi connectivity index (χ0n) is 16.4. The van der Waals surface area contributed by atoms with Crippen LogP contribution in [0, 0.1) is 20.8 Å². The van der Waals surface area contributed by atoms with Gasteiger partial charge in [-0.1, -0.05) is 32.0 Å². The van der Waals surface area contributed by atoms with Crippen LogP contribution >= 0.6 is 0 Å². The number of para-hydroxylation sites is 1. The van der Waals surface area contributed by atoms with Crippen molar-refractivity contribution in [2.75, 3.05) is 5.32 Å². The third-order valence-electron chi connectivity index (χ3n) is 4.76. The maximum Gasteiger partial charge on any atom is 0.259 e. The number of amides is 1. The van der Waals surface area contributed by atoms with Gasteiger partial charge in [-0.15, -0.1) is 0 Å². The lowest BCUT2D eigenvalue weighted by Gasteiger charge is -2.14. The first-order chi connectivity index (χ1) is 12.8. The molecule has 1 aromatic heterocycles. The Bertz CT molecular complexity index is 989. The Labute approximate surface area is 159 Å². The molecule has 0 fully saturated rings. The van der Waals surface area contributed by atoms with Gasteiger partial charge < -0.3 is 10.4 Å². The van der Waals surface area contributed by atoms with E-state index in [4.69, 9.17) is 0 Å². The molecule has 0 radical (unpaired) electrons. The van der Waals surface area contributed by atoms with Crippen molar-refractivity contribution in [3.63, 3.8) is 0 Å². The first kappa shape index (κ1) is 18.7. The van der Waals surface area contributed by atoms with E-state index < -0.39 is 0 Å². The van der Waals surface area contributed by atoms with Crippen molar-refractivity contribution in [1.29, 1.82) is 0 Å². The summed E-state index contributed by atoms with van der Waals surface area (Å²) < 4.78 is 1.79. The molecule has 1 heterocycles. The summed E-state index contributed by atoms with van der Waals surface area (Å²) in [5.74, 6) is 0.214. The van der Waals surface area contributed by atoms with E-state index in [9.17, 15) is 9.90 Å². The van der Waals surface area contributed by atoms with Crippen LogP contribution in [-0.4, -0.2) is 20.8 Å². The van der Waals surface area contributed by atoms with E-state index >= 15 is 0 Å². The summed E-state index contributed by atoms with van der Waals surface area (Å²) in [6.45, 7) is 9.62. The fraction of sp³-hybridized carbons (Fsp3) is 0.273. The van der Waals surface area contributed by atoms with Crippen LogP contribution in [0.5, 0.6) is 5.75 Å². The molecule has 140 valence electrons. The third kappa shape index (κ3) is 3.58. The normalized spacial score (nSPS) is 11.0. The van der Waals surface area contributed by atoms with Gasteiger partial charge in [0.1, 0.15) is 5.75 Å². The minimum atomic E-state index is -0.198. The summed E-state index contributed by atoms with van der Waals surface area (Å²) in [5, 5.41) is 17.7. The second-order valence-corrected chi connectivity index (χ2v) is 7.13. The fourth-order valence-electron chi connectivity index (χ4n) is 3.28. The number of phenolic OH excluding ortho intramolecular Hbond substituents is 1. The highest BCUT2D eigenvalue weighted by Crippen LogP contribution is 2.31. The fourth-order valence-corrected chi connectivity index (χ4v) is 3.28. The van der Waals surface area contributed by atoms with Gasteiger partial charge in [-0.25, -0.2) is 4.68 Å². The Morgan fingerprint density at radius 1 is 1.11 bits per heavy atom. The predicted octanol–water partition coefficient (Wildman–Crippen LogP) is 4.88. The molecule has 0 aliphatic heterocycles. The lowest BCUT2D eigenvalue weighted by Crippen LogP contribution is -2.15. The molecule has 0 atom stereocenters. The van der Waals surface area contributed by atoms with Gasteiger partial charge in [-0.05, 0) is 62.1 Å². The molecule has 0 aliphatic rings. The largest absolute Gasteiger partial charge is 0.508 e. The van der Waals surface area contributed by atoms with Crippen molar-refractivity contribution in [1.82, 2.24) is 9.78 Å². The number of aromatic nitrogens is 2. The number of aryl methyl sites for hydroxylation is 2. The summed E-state index contributed by atoms with van der Waals surface area (Å²) in [6.07, 6.45) is 0. The number of rotatable bonds is 4. The van der Waals surface area contributed by atoms with Crippen LogP contribution in [0.1, 0.15) is 52.6 Å². The van der Waals surface area contributed by atoms with E-state index in [0.717, 1.165) is 22.5 Å². The molecule has 0 bridgehead atoms. The average Bonchev–Trinajstić information content (AvgIpc) is 2.92. The summed E-state index contributed by atoms with van der Waals surface area (Å²) in [5.41, 5.74) is 5.27. The third-order valence-corrected chi connectivity index (χ3v) is 4.76. The van der Waals surface area contributed by atoms with Crippen LogP contribution in [0.15, 0.2) is 42.5 Å². The van der Waals surface area contributed by atoms with Crippen molar-refractivity contribution in [2.45, 2.75) is 40.5 Å². The molecule has 27 heavy (non-hydrogen) atoms. The molecule has 5 nitrogen and oxygen atoms in total. The van der Waals surface area contributed by atoms with Gasteiger partial charge in [0.2, 0.25) is 0 Å². The first-order valence-corrected chi connectivity index (χ1v) is 9.06. The summed E-state index contributed by atoms with van der Waals surface area (Å²) in [6, 6.07) is 13.3. The van der Waals surface area contributed by atoms with Crippen molar-refractivity contribution in [3.8, 4) is 11.4 Å². The van der Waals surface area contributed by atoms with Crippen LogP contribution < -0.4 is 5.32 Å². The Balaban J connectivity index is 1.96. The molecule has 1 amide bonds. The highest BCUT2D eigenvalue weighted by Gasteiger charge is 2.21. The smallest absolute Gasteiger partial charge is 0.259 e. The number of benzene rings is 2. The number of nitrogens with zero attached hydrogens (tertiary/aromatic N) is 2. The molecule has 0 saturated carbocycles. The van der Waals surface area contributed by atoms with Crippen LogP contribution in [-0.2, 0) is 0 Å². The zero-order valence-corrected chi connectivity index (χ0v) is 16.4. The number of nitrogens with one attached hydrogen (secondary N) is 1. The summed E-state index contributed by atoms with van der Waals surface area (Å²) in [4.78, 5) is 13.0. The Morgan fingerprint density at radius 2 is 1.78 bits per heavy atom. The van der Waals surface area contributed by atoms with Gasteiger partial charge in [0.25, 0.3) is 5.91 Å². The van der Waals surface area contributed by atoms with Crippen molar-refractivity contribution < 1.29 is 9.90 Å². The number of carbonyl (C=O) groups excluding carboxylic acids is 1. The van der Waals surface area contributed by atoms with Crippen molar-refractivity contribution in [3.05, 3.63) is 70.5 Å². The number of hydrogen-bond acceptors (Lipinski definition) is 3. The van der Waals surface area contributed by atoms with E-state index in [0.29, 0.717) is 16.9 Å². The molecule has 0 aliphatic carbocycles. The molecule has 3 rings (SSSR count). The SMILES string of the molecule is Cc1cc(O)c(C(C)C)cc1NC(=O)c1c(C)nn(-c2ccccc2)c1C. The summed E-state index contributed by atoms with van der Waals surface area (Å²) in [7, 11) is 0. The monoisotopic (exact) mass is 363 g/mol. The lowest BCUT2D eigenvalue weighted by molar-refractivity contribution is 0.102. The van der Waals surface area contributed by atoms with Gasteiger partial charge in [-0.2, -0.15) is 5.10 Å². The summed E-state index contributed by atoms with van der Waals surface area (Å²) >= 11 is 0. The van der Waals surface area contributed by atoms with Crippen LogP contribution in [0.4, 0.5) is 5.69 Å². The highest BCUT2D eigenvalue weighted by atomic mass is 16.3. The second-order valence-electron chi connectivity index (χ2n) is 7.13. The molecule has 0 saturated heterocycles. The van der Waals surface area contributed by atoms with Crippen LogP contribution in [0.25, 0.3) is 5.69 Å². The second kappa shape index (κ2) is 7.27. The van der Waals surface area contributed by atoms with Gasteiger partial charge in [0.05, 0.1) is 22.6 Å². The molecule has 2 N–H and O–H groups in total. The quantitative estimate of drug-likeness (QED) is 0.649. The lowest BCUT2D eigenvalue weighted by atomic mass is 9.99. The topological polar surface area (TPSA) is 67.2 Å². The maximum atomic E-state index is 13.0. The predicted molar refractivity (Wildman–Crippen MR) is 108 cm³/mol. The van der Waals surface area contributed by atoms with Gasteiger partial charge in [0, 0.05) is 5.69 Å². The Kier molecular flexibility index (Phi) is 5.04. The molecule has 3 aromatic rings. The minimum Gasteiger partial charge on any atom is -0.508 e. The highest BCUT2D eigenvalue weighted by molar-refractivity contribution is 6.06. The van der Waals surface area contributed by atoms with E-state index in [2.05, 4.69) is 10.4 Å². The van der Waals surface area contributed by atoms with E-state index in [1.54, 1.807) is 10.7 Å². The standard InChI is InChI=1S/C22H25N3O2/c1-13(2)18-12-19(14(3)11-20(18)26)23-22(27)21-15(4)24-25(16(21)5)17-9-7-6-8-10-17/h6-13,26H,1-5H3,(H,23,27). The zero-order chi connectivity index (χ0) is 19.7. The van der Waals surface area contributed by atoms with E-state index in [1.165, 1.54) is 0 Å². The molecule has 0 spiro atoms. The molecule has 5 heteroatoms. The van der Waals surface area contributed by atoms with Crippen molar-refractivity contribution in [2.24, 2.45) is 0 Å². The Morgan fingerprint density at radius 3 is 2.41 bits per heavy atom. The molecule has 2 aromatic carbocycles. The molecular weight excluding hydrogens is 338 g/mol. The molecular formula is C22H25N3O2. The Hall–Kier alpha value is -3.08. The van der Waals surface area contributed by atoms with Gasteiger partial charge >= 0.3 is 0 Å². The molecule has 0 unspecified atom stereocenters. The minimum absolute atomic E-state index is 0.158. The number of carbonyl (C=O) groups is 1. The number of hydrogen-bond donors (Lipinski definition) is 2. The first-order valence-electron chi connectivity index (χ1n) is 9.06. The van der Waals surface area contributed by atoms with E-state index in [1.807, 2.05) is 71.0 Å². The number of phenols is 1. The average molecular weight is 363 g/mol. The van der Waals surface area contributed by atoms with Crippen molar-refractivity contribution >= 4 is 11.6 Å². The van der Waals surface area contributed by atoms with Crippen LogP contribution in [0.3, 0.4) is 0 Å².